The molecule has 0 amide bonds. The molecule has 2 saturated carbocycles. The molecule has 0 bridgehead atoms. The zero-order valence-electron chi connectivity index (χ0n) is 18.1. The smallest absolute Gasteiger partial charge is 0.194 e. The topological polar surface area (TPSA) is 30.3 Å². The summed E-state index contributed by atoms with van der Waals surface area (Å²) < 4.78 is 0. The van der Waals surface area contributed by atoms with E-state index in [0.717, 1.165) is 37.4 Å². The molecule has 0 aromatic carbocycles. The molecule has 1 aliphatic heterocycles. The summed E-state index contributed by atoms with van der Waals surface area (Å²) in [6, 6.07) is 0.618. The zero-order chi connectivity index (χ0) is 18.9. The average molecular weight is 376 g/mol. The monoisotopic (exact) mass is 375 g/mol. The van der Waals surface area contributed by atoms with Gasteiger partial charge in [-0.2, -0.15) is 0 Å². The van der Waals surface area contributed by atoms with Crippen molar-refractivity contribution < 1.29 is 0 Å². The average Bonchev–Trinajstić information content (AvgIpc) is 3.00. The lowest BCUT2D eigenvalue weighted by Crippen LogP contribution is -2.37. The molecule has 0 aromatic rings. The van der Waals surface area contributed by atoms with Crippen LogP contribution in [0.5, 0.6) is 0 Å². The number of hydrogen-bond donors (Lipinski definition) is 1. The van der Waals surface area contributed by atoms with Crippen molar-refractivity contribution in [2.45, 2.75) is 116 Å². The number of nitrogens with one attached hydrogen (secondary N) is 1. The fourth-order valence-corrected chi connectivity index (χ4v) is 5.83. The maximum atomic E-state index is 8.77. The minimum atomic E-state index is 0.618. The van der Waals surface area contributed by atoms with Crippen LogP contribution < -0.4 is 0 Å². The Hall–Kier alpha value is -0.730. The van der Waals surface area contributed by atoms with Gasteiger partial charge in [0.1, 0.15) is 0 Å². The van der Waals surface area contributed by atoms with Crippen molar-refractivity contribution in [1.82, 2.24) is 9.80 Å². The van der Waals surface area contributed by atoms with Gasteiger partial charge in [0.25, 0.3) is 0 Å². The number of rotatable bonds is 10. The van der Waals surface area contributed by atoms with Crippen LogP contribution in [-0.2, 0) is 0 Å². The Morgan fingerprint density at radius 3 is 2.15 bits per heavy atom. The molecule has 3 nitrogen and oxygen atoms in total. The Balaban J connectivity index is 1.47. The first-order chi connectivity index (χ1) is 13.3. The molecule has 0 unspecified atom stereocenters. The summed E-state index contributed by atoms with van der Waals surface area (Å²) in [5.41, 5.74) is 0. The van der Waals surface area contributed by atoms with Crippen molar-refractivity contribution in [1.29, 1.82) is 5.41 Å². The SMILES string of the molecule is CCCCN1C[C@H](CC2CCCCC2)N(CCCCC2CCCCC2)C1=N. The van der Waals surface area contributed by atoms with Gasteiger partial charge in [0.15, 0.2) is 5.96 Å². The standard InChI is InChI=1S/C24H45N3/c1-2-3-17-26-20-23(19-22-15-8-5-9-16-22)27(24(26)25)18-11-10-14-21-12-6-4-7-13-21/h21-23,25H,2-20H2,1H3/t23-/m0/s1. The highest BCUT2D eigenvalue weighted by Gasteiger charge is 2.35. The van der Waals surface area contributed by atoms with Crippen molar-refractivity contribution in [3.05, 3.63) is 0 Å². The van der Waals surface area contributed by atoms with Crippen LogP contribution in [0.3, 0.4) is 0 Å². The van der Waals surface area contributed by atoms with Crippen LogP contribution in [0.2, 0.25) is 0 Å². The van der Waals surface area contributed by atoms with Crippen LogP contribution in [0.15, 0.2) is 0 Å². The molecule has 0 aromatic heterocycles. The predicted molar refractivity (Wildman–Crippen MR) is 116 cm³/mol. The molecule has 3 fully saturated rings. The van der Waals surface area contributed by atoms with Gasteiger partial charge < -0.3 is 9.80 Å². The Morgan fingerprint density at radius 2 is 1.48 bits per heavy atom. The van der Waals surface area contributed by atoms with Gasteiger partial charge in [-0.3, -0.25) is 5.41 Å². The maximum Gasteiger partial charge on any atom is 0.194 e. The van der Waals surface area contributed by atoms with Gasteiger partial charge in [0, 0.05) is 25.7 Å². The summed E-state index contributed by atoms with van der Waals surface area (Å²) in [6.07, 6.45) is 22.5. The second-order valence-electron chi connectivity index (χ2n) is 9.71. The first-order valence-electron chi connectivity index (χ1n) is 12.4. The summed E-state index contributed by atoms with van der Waals surface area (Å²) in [7, 11) is 0. The molecule has 1 saturated heterocycles. The third kappa shape index (κ3) is 6.39. The number of nitrogens with zero attached hydrogens (tertiary/aromatic N) is 2. The molecule has 1 heterocycles. The first kappa shape index (κ1) is 21.0. The van der Waals surface area contributed by atoms with Gasteiger partial charge >= 0.3 is 0 Å². The minimum absolute atomic E-state index is 0.618. The molecule has 1 atom stereocenters. The third-order valence-electron chi connectivity index (χ3n) is 7.54. The quantitative estimate of drug-likeness (QED) is 0.446. The summed E-state index contributed by atoms with van der Waals surface area (Å²) >= 11 is 0. The molecule has 2 aliphatic carbocycles. The number of unbranched alkanes of at least 4 members (excludes halogenated alkanes) is 2. The third-order valence-corrected chi connectivity index (χ3v) is 7.54. The van der Waals surface area contributed by atoms with Crippen molar-refractivity contribution in [3.8, 4) is 0 Å². The Morgan fingerprint density at radius 1 is 0.815 bits per heavy atom. The van der Waals surface area contributed by atoms with Crippen LogP contribution in [0, 0.1) is 17.2 Å². The van der Waals surface area contributed by atoms with E-state index in [0.29, 0.717) is 6.04 Å². The fraction of sp³-hybridized carbons (Fsp3) is 0.958. The van der Waals surface area contributed by atoms with E-state index in [9.17, 15) is 0 Å². The molecule has 0 spiro atoms. The lowest BCUT2D eigenvalue weighted by atomic mass is 9.84. The molecule has 0 radical (unpaired) electrons. The number of hydrogen-bond acceptors (Lipinski definition) is 1. The van der Waals surface area contributed by atoms with Crippen molar-refractivity contribution in [2.75, 3.05) is 19.6 Å². The molecule has 156 valence electrons. The molecule has 3 aliphatic rings. The van der Waals surface area contributed by atoms with Gasteiger partial charge in [0.05, 0.1) is 0 Å². The van der Waals surface area contributed by atoms with Gasteiger partial charge in [-0.25, -0.2) is 0 Å². The van der Waals surface area contributed by atoms with E-state index in [-0.39, 0.29) is 0 Å². The van der Waals surface area contributed by atoms with Crippen LogP contribution in [0.4, 0.5) is 0 Å². The number of guanidine groups is 1. The van der Waals surface area contributed by atoms with Crippen molar-refractivity contribution >= 4 is 5.96 Å². The summed E-state index contributed by atoms with van der Waals surface area (Å²) in [5, 5.41) is 8.77. The molecule has 3 rings (SSSR count). The van der Waals surface area contributed by atoms with Gasteiger partial charge in [-0.15, -0.1) is 0 Å². The van der Waals surface area contributed by atoms with Gasteiger partial charge in [-0.05, 0) is 31.1 Å². The van der Waals surface area contributed by atoms with Gasteiger partial charge in [-0.1, -0.05) is 90.4 Å². The van der Waals surface area contributed by atoms with E-state index >= 15 is 0 Å². The van der Waals surface area contributed by atoms with Crippen molar-refractivity contribution in [2.24, 2.45) is 11.8 Å². The highest BCUT2D eigenvalue weighted by Crippen LogP contribution is 2.32. The first-order valence-corrected chi connectivity index (χ1v) is 12.4. The maximum absolute atomic E-state index is 8.77. The van der Waals surface area contributed by atoms with E-state index in [2.05, 4.69) is 16.7 Å². The zero-order valence-corrected chi connectivity index (χ0v) is 18.1. The predicted octanol–water partition coefficient (Wildman–Crippen LogP) is 6.43. The van der Waals surface area contributed by atoms with E-state index in [1.807, 2.05) is 0 Å². The molecule has 3 heteroatoms. The molecular formula is C24H45N3. The highest BCUT2D eigenvalue weighted by atomic mass is 15.4. The normalized spacial score (nSPS) is 25.5. The molecule has 27 heavy (non-hydrogen) atoms. The Kier molecular flexibility index (Phi) is 8.80. The van der Waals surface area contributed by atoms with Crippen LogP contribution in [0.1, 0.15) is 110 Å². The molecular weight excluding hydrogens is 330 g/mol. The summed E-state index contributed by atoms with van der Waals surface area (Å²) in [5.74, 6) is 2.78. The van der Waals surface area contributed by atoms with Gasteiger partial charge in [0.2, 0.25) is 0 Å². The van der Waals surface area contributed by atoms with Crippen LogP contribution >= 0.6 is 0 Å². The Bertz CT molecular complexity index is 423. The second kappa shape index (κ2) is 11.3. The highest BCUT2D eigenvalue weighted by molar-refractivity contribution is 5.79. The van der Waals surface area contributed by atoms with E-state index < -0.39 is 0 Å². The lowest BCUT2D eigenvalue weighted by Gasteiger charge is -2.30. The second-order valence-corrected chi connectivity index (χ2v) is 9.71. The van der Waals surface area contributed by atoms with Crippen LogP contribution in [0.25, 0.3) is 0 Å². The van der Waals surface area contributed by atoms with Crippen LogP contribution in [-0.4, -0.2) is 41.4 Å². The molecule has 1 N–H and O–H groups in total. The van der Waals surface area contributed by atoms with E-state index in [1.165, 1.54) is 103 Å². The Labute approximate surface area is 168 Å². The summed E-state index contributed by atoms with van der Waals surface area (Å²) in [6.45, 7) is 5.61. The van der Waals surface area contributed by atoms with E-state index in [1.54, 1.807) is 0 Å². The largest absolute Gasteiger partial charge is 0.341 e. The lowest BCUT2D eigenvalue weighted by molar-refractivity contribution is 0.238. The fourth-order valence-electron chi connectivity index (χ4n) is 5.83. The summed E-state index contributed by atoms with van der Waals surface area (Å²) in [4.78, 5) is 4.89. The minimum Gasteiger partial charge on any atom is -0.341 e. The van der Waals surface area contributed by atoms with E-state index in [4.69, 9.17) is 5.41 Å². The van der Waals surface area contributed by atoms with Crippen molar-refractivity contribution in [3.63, 3.8) is 0 Å².